The molecule has 2 heterocycles. The first kappa shape index (κ1) is 30.6. The van der Waals surface area contributed by atoms with Crippen LogP contribution < -0.4 is 21.7 Å². The van der Waals surface area contributed by atoms with Crippen molar-refractivity contribution in [1.82, 2.24) is 25.3 Å². The first-order valence-electron chi connectivity index (χ1n) is 13.8. The number of benzene rings is 2. The van der Waals surface area contributed by atoms with E-state index in [2.05, 4.69) is 30.2 Å². The van der Waals surface area contributed by atoms with Gasteiger partial charge in [-0.15, -0.1) is 0 Å². The Morgan fingerprint density at radius 1 is 0.907 bits per heavy atom. The summed E-state index contributed by atoms with van der Waals surface area (Å²) in [4.78, 5) is 56.5. The molecule has 0 bridgehead atoms. The molecule has 0 aliphatic carbocycles. The van der Waals surface area contributed by atoms with Crippen LogP contribution in [0.4, 0.5) is 17.5 Å². The maximum atomic E-state index is 13.1. The second-order valence-electron chi connectivity index (χ2n) is 9.51. The van der Waals surface area contributed by atoms with Crippen LogP contribution in [0.2, 0.25) is 0 Å². The highest BCUT2D eigenvalue weighted by Gasteiger charge is 2.24. The summed E-state index contributed by atoms with van der Waals surface area (Å²) in [5.74, 6) is -1.38. The summed E-state index contributed by atoms with van der Waals surface area (Å²) in [5.41, 5.74) is 15.2. The van der Waals surface area contributed by atoms with E-state index in [0.29, 0.717) is 35.5 Å². The highest BCUT2D eigenvalue weighted by atomic mass is 16.5. The number of carbonyl (C=O) groups excluding carboxylic acids is 3. The van der Waals surface area contributed by atoms with Crippen molar-refractivity contribution in [3.63, 3.8) is 0 Å². The summed E-state index contributed by atoms with van der Waals surface area (Å²) in [6, 6.07) is 15.8. The highest BCUT2D eigenvalue weighted by molar-refractivity contribution is 5.97. The van der Waals surface area contributed by atoms with Crippen molar-refractivity contribution in [2.24, 2.45) is 0 Å². The van der Waals surface area contributed by atoms with Crippen LogP contribution in [0.25, 0.3) is 11.2 Å². The van der Waals surface area contributed by atoms with Gasteiger partial charge in [-0.1, -0.05) is 30.3 Å². The van der Waals surface area contributed by atoms with Gasteiger partial charge in [0.1, 0.15) is 6.04 Å². The Balaban J connectivity index is 1.54. The number of hydrogen-bond donors (Lipinski definition) is 3. The van der Waals surface area contributed by atoms with Crippen molar-refractivity contribution in [1.29, 1.82) is 0 Å². The minimum absolute atomic E-state index is 0.0226. The monoisotopic (exact) mass is 586 g/mol. The van der Waals surface area contributed by atoms with Gasteiger partial charge in [0.2, 0.25) is 5.95 Å². The fourth-order valence-electron chi connectivity index (χ4n) is 4.35. The van der Waals surface area contributed by atoms with Crippen molar-refractivity contribution in [2.45, 2.75) is 45.8 Å². The predicted octanol–water partition coefficient (Wildman–Crippen LogP) is 2.80. The molecule has 4 aromatic rings. The molecule has 4 rings (SSSR count). The van der Waals surface area contributed by atoms with Crippen LogP contribution in [0.5, 0.6) is 0 Å². The number of nitrogens with two attached hydrogens (primary N) is 2. The Hall–Kier alpha value is -5.33. The lowest BCUT2D eigenvalue weighted by Crippen LogP contribution is -2.42. The Morgan fingerprint density at radius 2 is 1.63 bits per heavy atom. The lowest BCUT2D eigenvalue weighted by atomic mass is 10.1. The zero-order chi connectivity index (χ0) is 30.8. The molecule has 0 aliphatic heterocycles. The van der Waals surface area contributed by atoms with Crippen LogP contribution in [0.1, 0.15) is 48.3 Å². The van der Waals surface area contributed by atoms with E-state index in [1.165, 1.54) is 0 Å². The number of aromatic nitrogens is 4. The molecule has 1 atom stereocenters. The lowest BCUT2D eigenvalue weighted by molar-refractivity contribution is -0.146. The number of nitrogen functional groups attached to an aromatic ring is 2. The molecule has 43 heavy (non-hydrogen) atoms. The number of fused-ring (bicyclic) bond motifs is 1. The van der Waals surface area contributed by atoms with E-state index in [0.717, 1.165) is 11.3 Å². The molecule has 0 spiro atoms. The van der Waals surface area contributed by atoms with Gasteiger partial charge in [0.15, 0.2) is 17.0 Å². The fraction of sp³-hybridized carbons (Fsp3) is 0.300. The van der Waals surface area contributed by atoms with Gasteiger partial charge in [0.25, 0.3) is 5.91 Å². The number of amides is 1. The van der Waals surface area contributed by atoms with E-state index < -0.39 is 23.9 Å². The van der Waals surface area contributed by atoms with Gasteiger partial charge >= 0.3 is 11.9 Å². The first-order chi connectivity index (χ1) is 20.8. The van der Waals surface area contributed by atoms with Crippen LogP contribution in [-0.4, -0.2) is 57.0 Å². The second-order valence-corrected chi connectivity index (χ2v) is 9.51. The van der Waals surface area contributed by atoms with Gasteiger partial charge in [-0.05, 0) is 50.1 Å². The Morgan fingerprint density at radius 3 is 2.33 bits per heavy atom. The molecule has 2 aromatic carbocycles. The maximum absolute atomic E-state index is 13.1. The fourth-order valence-corrected chi connectivity index (χ4v) is 4.35. The molecular weight excluding hydrogens is 552 g/mol. The molecular formula is C30H34N8O5. The van der Waals surface area contributed by atoms with Gasteiger partial charge in [0, 0.05) is 24.2 Å². The van der Waals surface area contributed by atoms with Crippen LogP contribution >= 0.6 is 0 Å². The minimum Gasteiger partial charge on any atom is -0.466 e. The normalized spacial score (nSPS) is 11.5. The number of rotatable bonds is 13. The standard InChI is InChI=1S/C30H34N8O5/c1-3-42-24(39)15-14-23(29(41)43-4-2)35-28(40)20-10-12-22(13-11-20)38(17-19-8-6-5-7-9-19)18-21-16-33-27-25(34-21)26(31)36-30(32)37-27/h5-13,16,23H,3-4,14-15,17-18H2,1-2H3,(H,35,40)(H4,31,32,33,36,37)/t23-/m0/s1. The highest BCUT2D eigenvalue weighted by Crippen LogP contribution is 2.22. The van der Waals surface area contributed by atoms with Crippen molar-refractivity contribution < 1.29 is 23.9 Å². The quantitative estimate of drug-likeness (QED) is 0.195. The second kappa shape index (κ2) is 14.5. The van der Waals surface area contributed by atoms with E-state index in [4.69, 9.17) is 20.9 Å². The van der Waals surface area contributed by atoms with E-state index in [-0.39, 0.29) is 37.8 Å². The van der Waals surface area contributed by atoms with Crippen LogP contribution in [-0.2, 0) is 32.2 Å². The maximum Gasteiger partial charge on any atom is 0.328 e. The number of nitrogens with one attached hydrogen (secondary N) is 1. The van der Waals surface area contributed by atoms with Gasteiger partial charge in [-0.3, -0.25) is 9.59 Å². The number of nitrogens with zero attached hydrogens (tertiary/aromatic N) is 5. The molecule has 0 aliphatic rings. The molecule has 13 nitrogen and oxygen atoms in total. The summed E-state index contributed by atoms with van der Waals surface area (Å²) >= 11 is 0. The van der Waals surface area contributed by atoms with E-state index in [1.54, 1.807) is 32.2 Å². The first-order valence-corrected chi connectivity index (χ1v) is 13.8. The SMILES string of the molecule is CCOC(=O)CC[C@H](NC(=O)c1ccc(N(Cc2ccccc2)Cc2cnc3nc(N)nc(N)c3n2)cc1)C(=O)OCC. The average Bonchev–Trinajstić information content (AvgIpc) is 3.00. The summed E-state index contributed by atoms with van der Waals surface area (Å²) in [6.07, 6.45) is 1.63. The predicted molar refractivity (Wildman–Crippen MR) is 160 cm³/mol. The minimum atomic E-state index is -0.996. The lowest BCUT2D eigenvalue weighted by Gasteiger charge is -2.25. The van der Waals surface area contributed by atoms with Crippen LogP contribution in [0.15, 0.2) is 60.8 Å². The number of anilines is 3. The van der Waals surface area contributed by atoms with Gasteiger partial charge in [-0.25, -0.2) is 14.8 Å². The third kappa shape index (κ3) is 8.35. The van der Waals surface area contributed by atoms with Crippen molar-refractivity contribution >= 4 is 46.5 Å². The van der Waals surface area contributed by atoms with Crippen molar-refractivity contribution in [2.75, 3.05) is 29.6 Å². The number of ether oxygens (including phenoxy) is 2. The smallest absolute Gasteiger partial charge is 0.328 e. The third-order valence-electron chi connectivity index (χ3n) is 6.38. The van der Waals surface area contributed by atoms with E-state index in [1.807, 2.05) is 42.5 Å². The molecule has 0 fully saturated rings. The summed E-state index contributed by atoms with van der Waals surface area (Å²) in [6.45, 7) is 4.65. The molecule has 5 N–H and O–H groups in total. The van der Waals surface area contributed by atoms with Gasteiger partial charge in [0.05, 0.1) is 31.6 Å². The molecule has 13 heteroatoms. The Kier molecular flexibility index (Phi) is 10.3. The summed E-state index contributed by atoms with van der Waals surface area (Å²) in [5, 5.41) is 2.68. The third-order valence-corrected chi connectivity index (χ3v) is 6.38. The Labute approximate surface area is 248 Å². The van der Waals surface area contributed by atoms with Gasteiger partial charge in [-0.2, -0.15) is 9.97 Å². The number of esters is 2. The number of hydrogen-bond acceptors (Lipinski definition) is 12. The van der Waals surface area contributed by atoms with Gasteiger partial charge < -0.3 is 31.2 Å². The number of carbonyl (C=O) groups is 3. The van der Waals surface area contributed by atoms with Crippen molar-refractivity contribution in [3.05, 3.63) is 77.6 Å². The molecule has 0 saturated carbocycles. The van der Waals surface area contributed by atoms with E-state index in [9.17, 15) is 14.4 Å². The molecule has 0 radical (unpaired) electrons. The molecule has 0 unspecified atom stereocenters. The van der Waals surface area contributed by atoms with Crippen molar-refractivity contribution in [3.8, 4) is 0 Å². The zero-order valence-electron chi connectivity index (χ0n) is 24.0. The zero-order valence-corrected chi connectivity index (χ0v) is 24.0. The molecule has 1 amide bonds. The van der Waals surface area contributed by atoms with Crippen LogP contribution in [0.3, 0.4) is 0 Å². The van der Waals surface area contributed by atoms with E-state index >= 15 is 0 Å². The Bertz CT molecular complexity index is 1570. The largest absolute Gasteiger partial charge is 0.466 e. The molecule has 0 saturated heterocycles. The summed E-state index contributed by atoms with van der Waals surface area (Å²) in [7, 11) is 0. The van der Waals surface area contributed by atoms with Crippen LogP contribution in [0, 0.1) is 0 Å². The molecule has 2 aromatic heterocycles. The topological polar surface area (TPSA) is 189 Å². The summed E-state index contributed by atoms with van der Waals surface area (Å²) < 4.78 is 10.0. The molecule has 224 valence electrons. The average molecular weight is 587 g/mol.